The third kappa shape index (κ3) is 6.81. The van der Waals surface area contributed by atoms with Crippen LogP contribution in [0, 0.1) is 11.6 Å². The molecule has 2 aliphatic rings. The van der Waals surface area contributed by atoms with Crippen molar-refractivity contribution in [2.45, 2.75) is 42.8 Å². The minimum atomic E-state index is -4.21. The zero-order valence-electron chi connectivity index (χ0n) is 21.0. The molecular weight excluding hydrogens is 534 g/mol. The second-order valence-electron chi connectivity index (χ2n) is 9.15. The van der Waals surface area contributed by atoms with Gasteiger partial charge >= 0.3 is 5.97 Å². The molecule has 5 N–H and O–H groups in total. The monoisotopic (exact) mass is 564 g/mol. The lowest BCUT2D eigenvalue weighted by Crippen LogP contribution is -2.48. The van der Waals surface area contributed by atoms with Gasteiger partial charge in [0.2, 0.25) is 10.0 Å². The molecule has 2 atom stereocenters. The van der Waals surface area contributed by atoms with Gasteiger partial charge in [-0.1, -0.05) is 18.2 Å². The average molecular weight is 565 g/mol. The van der Waals surface area contributed by atoms with Gasteiger partial charge in [-0.05, 0) is 49.9 Å². The number of anilines is 1. The van der Waals surface area contributed by atoms with E-state index in [0.29, 0.717) is 18.9 Å². The zero-order chi connectivity index (χ0) is 28.0. The molecule has 0 aromatic heterocycles. The Morgan fingerprint density at radius 3 is 2.46 bits per heavy atom. The van der Waals surface area contributed by atoms with E-state index < -0.39 is 57.9 Å². The molecule has 2 fully saturated rings. The van der Waals surface area contributed by atoms with Crippen LogP contribution in [0.5, 0.6) is 0 Å². The highest BCUT2D eigenvalue weighted by Crippen LogP contribution is 2.30. The van der Waals surface area contributed by atoms with E-state index in [4.69, 9.17) is 0 Å². The molecule has 210 valence electrons. The third-order valence-corrected chi connectivity index (χ3v) is 7.91. The Bertz CT molecular complexity index is 1330. The number of nitrogens with one attached hydrogen (secondary N) is 4. The van der Waals surface area contributed by atoms with Crippen LogP contribution < -0.4 is 25.6 Å². The van der Waals surface area contributed by atoms with Crippen molar-refractivity contribution in [3.05, 3.63) is 59.7 Å². The molecule has 11 nitrogen and oxygen atoms in total. The van der Waals surface area contributed by atoms with Crippen LogP contribution in [-0.2, 0) is 14.8 Å². The molecule has 0 unspecified atom stereocenters. The van der Waals surface area contributed by atoms with Crippen molar-refractivity contribution in [3.63, 3.8) is 0 Å². The van der Waals surface area contributed by atoms with Crippen LogP contribution in [0.4, 0.5) is 14.5 Å². The van der Waals surface area contributed by atoms with Crippen LogP contribution >= 0.6 is 0 Å². The van der Waals surface area contributed by atoms with E-state index in [1.807, 2.05) is 4.72 Å². The van der Waals surface area contributed by atoms with Gasteiger partial charge in [-0.15, -0.1) is 0 Å². The fraction of sp³-hybridized carbons (Fsp3) is 0.400. The van der Waals surface area contributed by atoms with Crippen molar-refractivity contribution < 1.29 is 31.9 Å². The maximum atomic E-state index is 15.2. The van der Waals surface area contributed by atoms with Crippen LogP contribution in [0.2, 0.25) is 0 Å². The fourth-order valence-electron chi connectivity index (χ4n) is 4.39. The summed E-state index contributed by atoms with van der Waals surface area (Å²) in [5.41, 5.74) is -0.672. The van der Waals surface area contributed by atoms with Gasteiger partial charge in [0, 0.05) is 26.2 Å². The van der Waals surface area contributed by atoms with E-state index in [2.05, 4.69) is 20.9 Å². The standard InChI is InChI=1S/C25H30F2N6O5S/c26-21-17(23(34)30-15-18(24(35)36)32-39(37,38)16-7-2-1-3-8-16)10-11-19(22(21)27)33-14-5-4-9-20(33)31-25-28-12-6-13-29-25/h1-3,7-8,10-11,18,20,32H,4-6,9,12-15H2,(H,30,34)(H,35,36)(H2,28,29,31)/t18-,20-/m0/s1. The summed E-state index contributed by atoms with van der Waals surface area (Å²) >= 11 is 0. The van der Waals surface area contributed by atoms with Crippen molar-refractivity contribution in [1.82, 2.24) is 20.7 Å². The van der Waals surface area contributed by atoms with Crippen LogP contribution in [0.25, 0.3) is 0 Å². The fourth-order valence-corrected chi connectivity index (χ4v) is 5.60. The van der Waals surface area contributed by atoms with E-state index in [1.165, 1.54) is 30.3 Å². The number of piperidine rings is 1. The quantitative estimate of drug-likeness (QED) is 0.306. The first-order valence-electron chi connectivity index (χ1n) is 12.6. The number of carbonyl (C=O) groups is 2. The highest BCUT2D eigenvalue weighted by Gasteiger charge is 2.30. The molecule has 14 heteroatoms. The lowest BCUT2D eigenvalue weighted by molar-refractivity contribution is -0.138. The number of hydrogen-bond acceptors (Lipinski definition) is 6. The number of halogens is 2. The highest BCUT2D eigenvalue weighted by molar-refractivity contribution is 7.89. The highest BCUT2D eigenvalue weighted by atomic mass is 32.2. The maximum absolute atomic E-state index is 15.2. The molecule has 2 aliphatic heterocycles. The first-order valence-corrected chi connectivity index (χ1v) is 14.0. The first kappa shape index (κ1) is 28.2. The Kier molecular flexibility index (Phi) is 8.97. The Morgan fingerprint density at radius 2 is 1.77 bits per heavy atom. The summed E-state index contributed by atoms with van der Waals surface area (Å²) in [4.78, 5) is 30.4. The Labute approximate surface area is 224 Å². The number of guanidine groups is 1. The van der Waals surface area contributed by atoms with E-state index in [9.17, 15) is 23.1 Å². The molecule has 4 rings (SSSR count). The minimum Gasteiger partial charge on any atom is -0.480 e. The normalized spacial score (nSPS) is 18.5. The summed E-state index contributed by atoms with van der Waals surface area (Å²) in [6, 6.07) is 7.74. The Balaban J connectivity index is 1.47. The number of aliphatic carboxylic acids is 1. The van der Waals surface area contributed by atoms with Gasteiger partial charge in [0.05, 0.1) is 16.1 Å². The lowest BCUT2D eigenvalue weighted by Gasteiger charge is -2.36. The van der Waals surface area contributed by atoms with Crippen LogP contribution in [0.15, 0.2) is 52.4 Å². The molecule has 2 saturated heterocycles. The molecule has 0 spiro atoms. The van der Waals surface area contributed by atoms with Crippen molar-refractivity contribution in [3.8, 4) is 0 Å². The second-order valence-corrected chi connectivity index (χ2v) is 10.9. The van der Waals surface area contributed by atoms with Crippen molar-refractivity contribution in [1.29, 1.82) is 0 Å². The maximum Gasteiger partial charge on any atom is 0.323 e. The average Bonchev–Trinajstić information content (AvgIpc) is 2.93. The molecule has 0 aliphatic carbocycles. The van der Waals surface area contributed by atoms with Crippen molar-refractivity contribution in [2.75, 3.05) is 31.1 Å². The zero-order valence-corrected chi connectivity index (χ0v) is 21.8. The van der Waals surface area contributed by atoms with Crippen LogP contribution in [0.3, 0.4) is 0 Å². The third-order valence-electron chi connectivity index (χ3n) is 6.42. The molecular formula is C25H30F2N6O5S. The summed E-state index contributed by atoms with van der Waals surface area (Å²) < 4.78 is 57.3. The van der Waals surface area contributed by atoms with Crippen molar-refractivity contribution in [2.24, 2.45) is 4.99 Å². The van der Waals surface area contributed by atoms with Gasteiger partial charge in [0.15, 0.2) is 17.6 Å². The second kappa shape index (κ2) is 12.4. The topological polar surface area (TPSA) is 152 Å². The smallest absolute Gasteiger partial charge is 0.323 e. The van der Waals surface area contributed by atoms with Gasteiger partial charge in [0.1, 0.15) is 12.2 Å². The number of aliphatic imine (C=N–C) groups is 1. The van der Waals surface area contributed by atoms with Crippen molar-refractivity contribution >= 4 is 33.5 Å². The molecule has 2 heterocycles. The Hall–Kier alpha value is -3.78. The van der Waals surface area contributed by atoms with Gasteiger partial charge in [-0.3, -0.25) is 9.59 Å². The molecule has 0 radical (unpaired) electrons. The van der Waals surface area contributed by atoms with Gasteiger partial charge in [-0.2, -0.15) is 4.72 Å². The number of benzene rings is 2. The van der Waals surface area contributed by atoms with E-state index in [0.717, 1.165) is 38.4 Å². The predicted octanol–water partition coefficient (Wildman–Crippen LogP) is 1.38. The predicted molar refractivity (Wildman–Crippen MR) is 140 cm³/mol. The summed E-state index contributed by atoms with van der Waals surface area (Å²) in [5.74, 6) is -4.66. The van der Waals surface area contributed by atoms with Gasteiger partial charge in [-0.25, -0.2) is 22.2 Å². The summed E-state index contributed by atoms with van der Waals surface area (Å²) in [5, 5.41) is 17.9. The van der Waals surface area contributed by atoms with Gasteiger partial charge < -0.3 is 26.0 Å². The Morgan fingerprint density at radius 1 is 1.05 bits per heavy atom. The molecule has 2 aromatic rings. The molecule has 2 aromatic carbocycles. The number of nitrogens with zero attached hydrogens (tertiary/aromatic N) is 2. The first-order chi connectivity index (χ1) is 18.7. The van der Waals surface area contributed by atoms with Crippen LogP contribution in [-0.4, -0.2) is 69.7 Å². The number of amides is 1. The van der Waals surface area contributed by atoms with E-state index in [1.54, 1.807) is 11.0 Å². The summed E-state index contributed by atoms with van der Waals surface area (Å²) in [7, 11) is -4.21. The molecule has 0 bridgehead atoms. The summed E-state index contributed by atoms with van der Waals surface area (Å²) in [6.45, 7) is 1.28. The number of carboxylic acids is 1. The largest absolute Gasteiger partial charge is 0.480 e. The van der Waals surface area contributed by atoms with Crippen LogP contribution in [0.1, 0.15) is 36.0 Å². The molecule has 0 saturated carbocycles. The lowest BCUT2D eigenvalue weighted by atomic mass is 10.1. The minimum absolute atomic E-state index is 0.0343. The van der Waals surface area contributed by atoms with Gasteiger partial charge in [0.25, 0.3) is 5.91 Å². The number of carboxylic acid groups (broad SMARTS) is 1. The van der Waals surface area contributed by atoms with E-state index in [-0.39, 0.29) is 10.6 Å². The SMILES string of the molecule is O=C(NC[C@H](NS(=O)(=O)c1ccccc1)C(=O)O)c1ccc(N2CCCC[C@H]2N=C2NCCCN2)c(F)c1F. The number of rotatable bonds is 9. The van der Waals surface area contributed by atoms with E-state index >= 15 is 8.78 Å². The molecule has 39 heavy (non-hydrogen) atoms. The number of hydrogen-bond donors (Lipinski definition) is 5. The molecule has 1 amide bonds. The number of carbonyl (C=O) groups excluding carboxylic acids is 1. The summed E-state index contributed by atoms with van der Waals surface area (Å²) in [6.07, 6.45) is 2.81. The number of sulfonamides is 1.